The van der Waals surface area contributed by atoms with Crippen LogP contribution in [-0.4, -0.2) is 9.97 Å². The number of aromatic amines is 1. The summed E-state index contributed by atoms with van der Waals surface area (Å²) in [5, 5.41) is 3.16. The van der Waals surface area contributed by atoms with Crippen molar-refractivity contribution in [1.82, 2.24) is 9.97 Å². The summed E-state index contributed by atoms with van der Waals surface area (Å²) in [6, 6.07) is 7.94. The van der Waals surface area contributed by atoms with E-state index in [2.05, 4.69) is 15.3 Å². The van der Waals surface area contributed by atoms with Crippen LogP contribution in [0.3, 0.4) is 0 Å². The highest BCUT2D eigenvalue weighted by Crippen LogP contribution is 2.41. The first-order valence-corrected chi connectivity index (χ1v) is 7.76. The van der Waals surface area contributed by atoms with Gasteiger partial charge in [0.1, 0.15) is 5.82 Å². The second-order valence-electron chi connectivity index (χ2n) is 3.82. The van der Waals surface area contributed by atoms with Gasteiger partial charge >= 0.3 is 5.69 Å². The number of rotatable bonds is 0. The SMILES string of the molecule is C/C=C\C.CC.O=c1ncc2c([nH]1)Nc1ccccc1S2. The lowest BCUT2D eigenvalue weighted by Gasteiger charge is -2.18. The fourth-order valence-electron chi connectivity index (χ4n) is 1.46. The molecule has 5 heteroatoms. The smallest absolute Gasteiger partial charge is 0.340 e. The number of benzene rings is 1. The molecule has 1 aliphatic heterocycles. The molecule has 0 aliphatic carbocycles. The lowest BCUT2D eigenvalue weighted by Crippen LogP contribution is -2.14. The zero-order valence-corrected chi connectivity index (χ0v) is 13.6. The van der Waals surface area contributed by atoms with Gasteiger partial charge in [-0.05, 0) is 26.0 Å². The Morgan fingerprint density at radius 1 is 1.10 bits per heavy atom. The highest BCUT2D eigenvalue weighted by Gasteiger charge is 2.15. The Hall–Kier alpha value is -2.01. The molecule has 0 amide bonds. The number of fused-ring (bicyclic) bond motifs is 2. The van der Waals surface area contributed by atoms with Gasteiger partial charge in [0.15, 0.2) is 0 Å². The largest absolute Gasteiger partial charge is 0.346 e. The Kier molecular flexibility index (Phi) is 7.32. The molecular weight excluding hydrogens is 282 g/mol. The molecular formula is C16H21N3OS. The predicted molar refractivity (Wildman–Crippen MR) is 90.5 cm³/mol. The van der Waals surface area contributed by atoms with Gasteiger partial charge in [-0.25, -0.2) is 9.78 Å². The van der Waals surface area contributed by atoms with Crippen molar-refractivity contribution in [2.75, 3.05) is 5.32 Å². The first-order valence-electron chi connectivity index (χ1n) is 6.95. The lowest BCUT2D eigenvalue weighted by atomic mass is 10.3. The quantitative estimate of drug-likeness (QED) is 0.596. The standard InChI is InChI=1S/C10H7N3OS.C4H8.C2H6/c14-10-11-5-8-9(13-10)12-6-3-1-2-4-7(6)15-8;1-3-4-2;1-2/h1-5H,(H2,11,12,13,14);3-4H,1-2H3;1-2H3/b;4-3-;. The van der Waals surface area contributed by atoms with Crippen LogP contribution in [0, 0.1) is 0 Å². The van der Waals surface area contributed by atoms with Gasteiger partial charge in [0.05, 0.1) is 16.8 Å². The van der Waals surface area contributed by atoms with Crippen LogP contribution in [0.15, 0.2) is 57.2 Å². The van der Waals surface area contributed by atoms with Crippen LogP contribution in [0.25, 0.3) is 0 Å². The van der Waals surface area contributed by atoms with Crippen molar-refractivity contribution in [3.63, 3.8) is 0 Å². The third-order valence-electron chi connectivity index (χ3n) is 2.48. The van der Waals surface area contributed by atoms with Gasteiger partial charge in [0.25, 0.3) is 0 Å². The molecule has 0 saturated heterocycles. The fourth-order valence-corrected chi connectivity index (χ4v) is 2.39. The second-order valence-corrected chi connectivity index (χ2v) is 4.90. The topological polar surface area (TPSA) is 57.8 Å². The van der Waals surface area contributed by atoms with E-state index in [1.165, 1.54) is 0 Å². The first kappa shape index (κ1) is 17.0. The van der Waals surface area contributed by atoms with E-state index in [9.17, 15) is 4.79 Å². The normalized spacial score (nSPS) is 11.0. The van der Waals surface area contributed by atoms with E-state index in [0.717, 1.165) is 21.3 Å². The minimum absolute atomic E-state index is 0.332. The molecule has 0 radical (unpaired) electrons. The number of H-pyrrole nitrogens is 1. The van der Waals surface area contributed by atoms with Crippen molar-refractivity contribution in [2.45, 2.75) is 37.5 Å². The third kappa shape index (κ3) is 4.79. The van der Waals surface area contributed by atoms with Crippen LogP contribution in [0.4, 0.5) is 11.5 Å². The molecule has 0 atom stereocenters. The van der Waals surface area contributed by atoms with Crippen molar-refractivity contribution in [3.8, 4) is 0 Å². The fraction of sp³-hybridized carbons (Fsp3) is 0.250. The zero-order chi connectivity index (χ0) is 15.7. The third-order valence-corrected chi connectivity index (χ3v) is 3.58. The van der Waals surface area contributed by atoms with Gasteiger partial charge in [-0.2, -0.15) is 0 Å². The molecule has 1 aliphatic rings. The number of nitrogens with zero attached hydrogens (tertiary/aromatic N) is 1. The lowest BCUT2D eigenvalue weighted by molar-refractivity contribution is 1.02. The summed E-state index contributed by atoms with van der Waals surface area (Å²) in [5.74, 6) is 0.721. The van der Waals surface area contributed by atoms with Crippen LogP contribution < -0.4 is 11.0 Å². The molecule has 0 saturated carbocycles. The second kappa shape index (κ2) is 9.02. The molecule has 0 unspecified atom stereocenters. The number of hydrogen-bond acceptors (Lipinski definition) is 4. The number of hydrogen-bond donors (Lipinski definition) is 2. The van der Waals surface area contributed by atoms with Gasteiger partial charge in [-0.15, -0.1) is 0 Å². The number of allylic oxidation sites excluding steroid dienone is 2. The van der Waals surface area contributed by atoms with E-state index < -0.39 is 0 Å². The van der Waals surface area contributed by atoms with E-state index >= 15 is 0 Å². The van der Waals surface area contributed by atoms with E-state index in [1.54, 1.807) is 18.0 Å². The summed E-state index contributed by atoms with van der Waals surface area (Å²) in [4.78, 5) is 19.5. The number of para-hydroxylation sites is 1. The molecule has 2 N–H and O–H groups in total. The van der Waals surface area contributed by atoms with Crippen LogP contribution in [0.2, 0.25) is 0 Å². The number of aromatic nitrogens is 2. The van der Waals surface area contributed by atoms with E-state index in [1.807, 2.05) is 64.1 Å². The van der Waals surface area contributed by atoms with Crippen molar-refractivity contribution < 1.29 is 0 Å². The van der Waals surface area contributed by atoms with Crippen molar-refractivity contribution in [2.24, 2.45) is 0 Å². The zero-order valence-electron chi connectivity index (χ0n) is 12.8. The highest BCUT2D eigenvalue weighted by molar-refractivity contribution is 7.99. The minimum Gasteiger partial charge on any atom is -0.340 e. The molecule has 1 aromatic carbocycles. The van der Waals surface area contributed by atoms with Gasteiger partial charge in [0.2, 0.25) is 0 Å². The van der Waals surface area contributed by atoms with Gasteiger partial charge in [-0.3, -0.25) is 4.98 Å². The predicted octanol–water partition coefficient (Wildman–Crippen LogP) is 4.59. The summed E-state index contributed by atoms with van der Waals surface area (Å²) in [6.07, 6.45) is 5.59. The van der Waals surface area contributed by atoms with E-state index in [-0.39, 0.29) is 5.69 Å². The van der Waals surface area contributed by atoms with Crippen LogP contribution >= 0.6 is 11.8 Å². The Labute approximate surface area is 129 Å². The molecule has 0 spiro atoms. The Morgan fingerprint density at radius 2 is 1.76 bits per heavy atom. The molecule has 2 heterocycles. The average Bonchev–Trinajstić information content (AvgIpc) is 2.55. The summed E-state index contributed by atoms with van der Waals surface area (Å²) < 4.78 is 0. The summed E-state index contributed by atoms with van der Waals surface area (Å²) in [6.45, 7) is 8.00. The van der Waals surface area contributed by atoms with Gasteiger partial charge in [-0.1, -0.05) is 49.9 Å². The van der Waals surface area contributed by atoms with E-state index in [4.69, 9.17) is 0 Å². The average molecular weight is 303 g/mol. The summed E-state index contributed by atoms with van der Waals surface area (Å²) >= 11 is 1.60. The molecule has 1 aromatic heterocycles. The molecule has 0 bridgehead atoms. The Balaban J connectivity index is 0.000000322. The Morgan fingerprint density at radius 3 is 2.43 bits per heavy atom. The molecule has 4 nitrogen and oxygen atoms in total. The first-order chi connectivity index (χ1) is 10.2. The molecule has 0 fully saturated rings. The monoisotopic (exact) mass is 303 g/mol. The van der Waals surface area contributed by atoms with Crippen LogP contribution in [0.5, 0.6) is 0 Å². The van der Waals surface area contributed by atoms with Crippen molar-refractivity contribution in [1.29, 1.82) is 0 Å². The van der Waals surface area contributed by atoms with Gasteiger partial charge in [0, 0.05) is 4.90 Å². The minimum atomic E-state index is -0.332. The maximum absolute atomic E-state index is 11.0. The number of nitrogens with one attached hydrogen (secondary N) is 2. The highest BCUT2D eigenvalue weighted by atomic mass is 32.2. The Bertz CT molecular complexity index is 646. The van der Waals surface area contributed by atoms with Crippen molar-refractivity contribution >= 4 is 23.3 Å². The van der Waals surface area contributed by atoms with E-state index in [0.29, 0.717) is 0 Å². The molecule has 112 valence electrons. The van der Waals surface area contributed by atoms with Crippen LogP contribution in [-0.2, 0) is 0 Å². The van der Waals surface area contributed by atoms with Crippen LogP contribution in [0.1, 0.15) is 27.7 Å². The summed E-state index contributed by atoms with van der Waals surface area (Å²) in [5.41, 5.74) is 0.679. The summed E-state index contributed by atoms with van der Waals surface area (Å²) in [7, 11) is 0. The molecule has 2 aromatic rings. The molecule has 21 heavy (non-hydrogen) atoms. The number of anilines is 2. The maximum atomic E-state index is 11.0. The van der Waals surface area contributed by atoms with Gasteiger partial charge < -0.3 is 5.32 Å². The molecule has 3 rings (SSSR count). The van der Waals surface area contributed by atoms with Crippen molar-refractivity contribution in [3.05, 3.63) is 53.1 Å². The maximum Gasteiger partial charge on any atom is 0.346 e.